The number of para-hydroxylation sites is 1. The van der Waals surface area contributed by atoms with Crippen LogP contribution in [-0.2, 0) is 0 Å². The molecular weight excluding hydrogens is 192 g/mol. The molecule has 0 radical (unpaired) electrons. The number of phenolic OH excluding ortho intramolecular Hbond substituents is 1. The standard InChI is InChI=1S/C10H10N4O/c1-7(13-10-11-6-12-14-10)8-4-2-3-5-9(8)15/h2-6,15H,1H3,(H,11,12,14)/b13-7-. The van der Waals surface area contributed by atoms with Gasteiger partial charge in [-0.05, 0) is 19.1 Å². The third-order valence-electron chi connectivity index (χ3n) is 1.97. The van der Waals surface area contributed by atoms with E-state index >= 15 is 0 Å². The molecule has 1 aromatic carbocycles. The lowest BCUT2D eigenvalue weighted by molar-refractivity contribution is 0.474. The van der Waals surface area contributed by atoms with Crippen LogP contribution in [0, 0.1) is 0 Å². The van der Waals surface area contributed by atoms with E-state index in [0.717, 1.165) is 0 Å². The van der Waals surface area contributed by atoms with Gasteiger partial charge in [0.1, 0.15) is 12.1 Å². The molecule has 0 amide bonds. The molecule has 2 rings (SSSR count). The average Bonchev–Trinajstić information content (AvgIpc) is 2.71. The fourth-order valence-electron chi connectivity index (χ4n) is 1.25. The molecule has 15 heavy (non-hydrogen) atoms. The molecule has 5 heteroatoms. The quantitative estimate of drug-likeness (QED) is 0.727. The number of aromatic amines is 1. The summed E-state index contributed by atoms with van der Waals surface area (Å²) in [5.41, 5.74) is 1.37. The maximum Gasteiger partial charge on any atom is 0.245 e. The van der Waals surface area contributed by atoms with Gasteiger partial charge in [-0.25, -0.2) is 10.1 Å². The number of hydrogen-bond acceptors (Lipinski definition) is 4. The van der Waals surface area contributed by atoms with Crippen LogP contribution in [0.25, 0.3) is 0 Å². The number of aliphatic imine (C=N–C) groups is 1. The van der Waals surface area contributed by atoms with Crippen molar-refractivity contribution >= 4 is 11.7 Å². The number of benzene rings is 1. The Hall–Kier alpha value is -2.17. The topological polar surface area (TPSA) is 74.2 Å². The Morgan fingerprint density at radius 2 is 2.20 bits per heavy atom. The Balaban J connectivity index is 2.36. The van der Waals surface area contributed by atoms with Crippen molar-refractivity contribution in [2.45, 2.75) is 6.92 Å². The lowest BCUT2D eigenvalue weighted by Gasteiger charge is -2.01. The number of nitrogens with zero attached hydrogens (tertiary/aromatic N) is 3. The maximum absolute atomic E-state index is 9.58. The zero-order valence-electron chi connectivity index (χ0n) is 8.18. The lowest BCUT2D eigenvalue weighted by Crippen LogP contribution is -1.94. The van der Waals surface area contributed by atoms with E-state index in [1.807, 2.05) is 6.07 Å². The van der Waals surface area contributed by atoms with Gasteiger partial charge in [0.25, 0.3) is 0 Å². The highest BCUT2D eigenvalue weighted by atomic mass is 16.3. The summed E-state index contributed by atoms with van der Waals surface area (Å²) >= 11 is 0. The van der Waals surface area contributed by atoms with Gasteiger partial charge in [-0.3, -0.25) is 0 Å². The number of hydrogen-bond donors (Lipinski definition) is 2. The van der Waals surface area contributed by atoms with E-state index in [1.54, 1.807) is 25.1 Å². The summed E-state index contributed by atoms with van der Waals surface area (Å²) in [5, 5.41) is 15.9. The summed E-state index contributed by atoms with van der Waals surface area (Å²) in [6, 6.07) is 7.02. The molecule has 0 saturated carbocycles. The van der Waals surface area contributed by atoms with Crippen molar-refractivity contribution in [3.8, 4) is 5.75 Å². The second kappa shape index (κ2) is 3.91. The van der Waals surface area contributed by atoms with Gasteiger partial charge in [0.15, 0.2) is 0 Å². The van der Waals surface area contributed by atoms with E-state index in [-0.39, 0.29) is 5.75 Å². The van der Waals surface area contributed by atoms with Crippen LogP contribution in [0.2, 0.25) is 0 Å². The van der Waals surface area contributed by atoms with Crippen molar-refractivity contribution in [2.24, 2.45) is 4.99 Å². The number of phenols is 1. The highest BCUT2D eigenvalue weighted by Crippen LogP contribution is 2.17. The maximum atomic E-state index is 9.58. The Morgan fingerprint density at radius 3 is 2.87 bits per heavy atom. The van der Waals surface area contributed by atoms with Gasteiger partial charge in [-0.15, -0.1) is 0 Å². The molecule has 1 aromatic heterocycles. The summed E-state index contributed by atoms with van der Waals surface area (Å²) in [4.78, 5) is 8.05. The zero-order chi connectivity index (χ0) is 10.7. The van der Waals surface area contributed by atoms with Gasteiger partial charge in [-0.1, -0.05) is 12.1 Å². The smallest absolute Gasteiger partial charge is 0.245 e. The zero-order valence-corrected chi connectivity index (χ0v) is 8.18. The Kier molecular flexibility index (Phi) is 2.45. The molecule has 0 aliphatic carbocycles. The third kappa shape index (κ3) is 2.01. The second-order valence-electron chi connectivity index (χ2n) is 3.02. The Bertz CT molecular complexity index is 476. The van der Waals surface area contributed by atoms with Crippen LogP contribution in [-0.4, -0.2) is 26.0 Å². The van der Waals surface area contributed by atoms with E-state index in [1.165, 1.54) is 6.33 Å². The minimum atomic E-state index is 0.207. The fourth-order valence-corrected chi connectivity index (χ4v) is 1.25. The molecule has 2 N–H and O–H groups in total. The second-order valence-corrected chi connectivity index (χ2v) is 3.02. The van der Waals surface area contributed by atoms with Crippen molar-refractivity contribution in [1.82, 2.24) is 15.2 Å². The minimum absolute atomic E-state index is 0.207. The highest BCUT2D eigenvalue weighted by molar-refractivity contribution is 6.01. The van der Waals surface area contributed by atoms with Crippen molar-refractivity contribution in [1.29, 1.82) is 0 Å². The molecule has 0 saturated heterocycles. The summed E-state index contributed by atoms with van der Waals surface area (Å²) in [6.45, 7) is 1.80. The first kappa shape index (κ1) is 9.39. The summed E-state index contributed by atoms with van der Waals surface area (Å²) < 4.78 is 0. The van der Waals surface area contributed by atoms with Crippen LogP contribution in [0.15, 0.2) is 35.6 Å². The first-order chi connectivity index (χ1) is 7.27. The molecule has 1 heterocycles. The van der Waals surface area contributed by atoms with Gasteiger partial charge in [-0.2, -0.15) is 10.1 Å². The van der Waals surface area contributed by atoms with Crippen LogP contribution < -0.4 is 0 Å². The molecule has 2 aromatic rings. The Morgan fingerprint density at radius 1 is 1.40 bits per heavy atom. The van der Waals surface area contributed by atoms with Crippen molar-refractivity contribution in [3.63, 3.8) is 0 Å². The molecule has 0 bridgehead atoms. The van der Waals surface area contributed by atoms with Gasteiger partial charge in [0.05, 0.1) is 5.71 Å². The van der Waals surface area contributed by atoms with Gasteiger partial charge in [0.2, 0.25) is 5.95 Å². The van der Waals surface area contributed by atoms with Gasteiger partial charge in [0, 0.05) is 5.56 Å². The lowest BCUT2D eigenvalue weighted by atomic mass is 10.1. The van der Waals surface area contributed by atoms with Crippen molar-refractivity contribution in [3.05, 3.63) is 36.2 Å². The third-order valence-corrected chi connectivity index (χ3v) is 1.97. The molecule has 0 aliphatic rings. The first-order valence-corrected chi connectivity index (χ1v) is 4.46. The van der Waals surface area contributed by atoms with E-state index in [4.69, 9.17) is 0 Å². The molecule has 0 atom stereocenters. The monoisotopic (exact) mass is 202 g/mol. The van der Waals surface area contributed by atoms with Crippen LogP contribution in [0.3, 0.4) is 0 Å². The van der Waals surface area contributed by atoms with Crippen LogP contribution in [0.4, 0.5) is 5.95 Å². The summed E-state index contributed by atoms with van der Waals surface area (Å²) in [5.74, 6) is 0.633. The van der Waals surface area contributed by atoms with Gasteiger partial charge >= 0.3 is 0 Å². The average molecular weight is 202 g/mol. The van der Waals surface area contributed by atoms with Crippen LogP contribution in [0.5, 0.6) is 5.75 Å². The summed E-state index contributed by atoms with van der Waals surface area (Å²) in [6.07, 6.45) is 1.39. The van der Waals surface area contributed by atoms with Crippen LogP contribution in [0.1, 0.15) is 12.5 Å². The van der Waals surface area contributed by atoms with E-state index in [9.17, 15) is 5.11 Å². The predicted octanol–water partition coefficient (Wildman–Crippen LogP) is 1.65. The molecule has 76 valence electrons. The molecule has 0 spiro atoms. The number of aromatic nitrogens is 3. The molecule has 0 aliphatic heterocycles. The van der Waals surface area contributed by atoms with Crippen molar-refractivity contribution < 1.29 is 5.11 Å². The van der Waals surface area contributed by atoms with E-state index in [2.05, 4.69) is 20.2 Å². The molecule has 0 fully saturated rings. The van der Waals surface area contributed by atoms with E-state index < -0.39 is 0 Å². The largest absolute Gasteiger partial charge is 0.507 e. The fraction of sp³-hybridized carbons (Fsp3) is 0.100. The predicted molar refractivity (Wildman–Crippen MR) is 56.4 cm³/mol. The Labute approximate surface area is 86.5 Å². The number of nitrogens with one attached hydrogen (secondary N) is 1. The number of aromatic hydroxyl groups is 1. The van der Waals surface area contributed by atoms with E-state index in [0.29, 0.717) is 17.2 Å². The molecular formula is C10H10N4O. The molecule has 0 unspecified atom stereocenters. The first-order valence-electron chi connectivity index (χ1n) is 4.46. The van der Waals surface area contributed by atoms with Gasteiger partial charge < -0.3 is 5.11 Å². The number of H-pyrrole nitrogens is 1. The minimum Gasteiger partial charge on any atom is -0.507 e. The summed E-state index contributed by atoms with van der Waals surface area (Å²) in [7, 11) is 0. The number of rotatable bonds is 2. The van der Waals surface area contributed by atoms with Crippen LogP contribution >= 0.6 is 0 Å². The molecule has 5 nitrogen and oxygen atoms in total. The SMILES string of the molecule is C/C(=N/c1ncn[nH]1)c1ccccc1O. The normalized spacial score (nSPS) is 11.7. The highest BCUT2D eigenvalue weighted by Gasteiger charge is 2.03. The van der Waals surface area contributed by atoms with Crippen molar-refractivity contribution in [2.75, 3.05) is 0 Å².